The Morgan fingerprint density at radius 3 is 2.77 bits per heavy atom. The van der Waals surface area contributed by atoms with Gasteiger partial charge in [-0.3, -0.25) is 4.79 Å². The maximum absolute atomic E-state index is 12.0. The normalized spacial score (nSPS) is 10.3. The number of amides is 1. The van der Waals surface area contributed by atoms with Crippen molar-refractivity contribution in [2.24, 2.45) is 0 Å². The summed E-state index contributed by atoms with van der Waals surface area (Å²) in [5, 5.41) is 3.52. The Balaban J connectivity index is 1.82. The van der Waals surface area contributed by atoms with Gasteiger partial charge in [0.1, 0.15) is 0 Å². The average Bonchev–Trinajstić information content (AvgIpc) is 2.51. The maximum Gasteiger partial charge on any atom is 0.225 e. The van der Waals surface area contributed by atoms with E-state index in [9.17, 15) is 4.79 Å². The van der Waals surface area contributed by atoms with Gasteiger partial charge in [-0.1, -0.05) is 23.7 Å². The first-order valence-corrected chi connectivity index (χ1v) is 7.69. The smallest absolute Gasteiger partial charge is 0.225 e. The van der Waals surface area contributed by atoms with Gasteiger partial charge in [0.05, 0.1) is 6.61 Å². The lowest BCUT2D eigenvalue weighted by Crippen LogP contribution is -2.13. The molecule has 0 aliphatic carbocycles. The molecule has 22 heavy (non-hydrogen) atoms. The number of nitrogens with zero attached hydrogens (tertiary/aromatic N) is 1. The van der Waals surface area contributed by atoms with Crippen molar-refractivity contribution in [3.05, 3.63) is 53.2 Å². The topological polar surface area (TPSA) is 51.2 Å². The number of rotatable bonds is 7. The van der Waals surface area contributed by atoms with Crippen LogP contribution in [-0.4, -0.2) is 17.5 Å². The van der Waals surface area contributed by atoms with Crippen LogP contribution >= 0.6 is 11.6 Å². The Kier molecular flexibility index (Phi) is 6.22. The van der Waals surface area contributed by atoms with Crippen molar-refractivity contribution >= 4 is 23.3 Å². The minimum Gasteiger partial charge on any atom is -0.490 e. The third-order valence-corrected chi connectivity index (χ3v) is 3.36. The number of pyridine rings is 1. The number of benzene rings is 1. The van der Waals surface area contributed by atoms with Crippen LogP contribution in [0.3, 0.4) is 0 Å². The number of halogens is 1. The largest absolute Gasteiger partial charge is 0.490 e. The van der Waals surface area contributed by atoms with Crippen LogP contribution in [0.4, 0.5) is 5.82 Å². The molecule has 116 valence electrons. The third-order valence-electron chi connectivity index (χ3n) is 3.11. The lowest BCUT2D eigenvalue weighted by atomic mass is 10.1. The molecule has 0 radical (unpaired) electrons. The molecule has 5 heteroatoms. The molecule has 0 saturated heterocycles. The Morgan fingerprint density at radius 2 is 2.05 bits per heavy atom. The number of hydrogen-bond acceptors (Lipinski definition) is 3. The summed E-state index contributed by atoms with van der Waals surface area (Å²) < 4.78 is 5.43. The van der Waals surface area contributed by atoms with Crippen LogP contribution in [0.25, 0.3) is 0 Å². The van der Waals surface area contributed by atoms with Crippen LogP contribution in [0.2, 0.25) is 5.02 Å². The van der Waals surface area contributed by atoms with Crippen LogP contribution in [0.5, 0.6) is 5.75 Å². The molecule has 1 N–H and O–H groups in total. The number of nitrogens with one attached hydrogen (secondary N) is 1. The fourth-order valence-corrected chi connectivity index (χ4v) is 2.18. The molecule has 1 heterocycles. The molecule has 0 unspecified atom stereocenters. The zero-order valence-corrected chi connectivity index (χ0v) is 13.3. The molecule has 0 bridgehead atoms. The molecule has 0 fully saturated rings. The van der Waals surface area contributed by atoms with Crippen molar-refractivity contribution in [2.45, 2.75) is 26.2 Å². The molecule has 0 atom stereocenters. The van der Waals surface area contributed by atoms with Gasteiger partial charge in [-0.2, -0.15) is 0 Å². The van der Waals surface area contributed by atoms with Crippen LogP contribution in [0, 0.1) is 0 Å². The van der Waals surface area contributed by atoms with E-state index in [0.29, 0.717) is 24.6 Å². The Labute approximate surface area is 135 Å². The van der Waals surface area contributed by atoms with Crippen molar-refractivity contribution in [3.8, 4) is 5.75 Å². The summed E-state index contributed by atoms with van der Waals surface area (Å²) in [6.45, 7) is 2.43. The van der Waals surface area contributed by atoms with Crippen molar-refractivity contribution in [2.75, 3.05) is 11.9 Å². The lowest BCUT2D eigenvalue weighted by molar-refractivity contribution is -0.116. The SMILES string of the molecule is CCOc1cccnc1NC(=O)CCCc1ccc(Cl)cc1. The molecule has 2 aromatic rings. The van der Waals surface area contributed by atoms with Gasteiger partial charge >= 0.3 is 0 Å². The minimum absolute atomic E-state index is 0.0615. The van der Waals surface area contributed by atoms with E-state index in [0.717, 1.165) is 17.9 Å². The van der Waals surface area contributed by atoms with Gasteiger partial charge in [0, 0.05) is 17.6 Å². The summed E-state index contributed by atoms with van der Waals surface area (Å²) >= 11 is 5.84. The predicted molar refractivity (Wildman–Crippen MR) is 88.4 cm³/mol. The highest BCUT2D eigenvalue weighted by Crippen LogP contribution is 2.21. The number of aryl methyl sites for hydroxylation is 1. The van der Waals surface area contributed by atoms with Crippen molar-refractivity contribution < 1.29 is 9.53 Å². The number of hydrogen-bond donors (Lipinski definition) is 1. The summed E-state index contributed by atoms with van der Waals surface area (Å²) in [4.78, 5) is 16.1. The van der Waals surface area contributed by atoms with Crippen molar-refractivity contribution in [1.29, 1.82) is 0 Å². The predicted octanol–water partition coefficient (Wildman–Crippen LogP) is 4.10. The van der Waals surface area contributed by atoms with Gasteiger partial charge in [-0.25, -0.2) is 4.98 Å². The fraction of sp³-hybridized carbons (Fsp3) is 0.294. The first-order chi connectivity index (χ1) is 10.7. The van der Waals surface area contributed by atoms with E-state index in [2.05, 4.69) is 10.3 Å². The van der Waals surface area contributed by atoms with E-state index < -0.39 is 0 Å². The highest BCUT2D eigenvalue weighted by Gasteiger charge is 2.08. The second kappa shape index (κ2) is 8.39. The molecular weight excluding hydrogens is 300 g/mol. The van der Waals surface area contributed by atoms with Gasteiger partial charge in [-0.05, 0) is 49.6 Å². The van der Waals surface area contributed by atoms with E-state index in [1.807, 2.05) is 31.2 Å². The molecule has 1 aromatic carbocycles. The zero-order valence-electron chi connectivity index (χ0n) is 12.5. The Bertz CT molecular complexity index is 614. The number of aromatic nitrogens is 1. The molecule has 2 rings (SSSR count). The van der Waals surface area contributed by atoms with E-state index in [1.54, 1.807) is 18.3 Å². The molecule has 4 nitrogen and oxygen atoms in total. The molecular formula is C17H19ClN2O2. The second-order valence-electron chi connectivity index (χ2n) is 4.81. The highest BCUT2D eigenvalue weighted by atomic mass is 35.5. The monoisotopic (exact) mass is 318 g/mol. The van der Waals surface area contributed by atoms with Gasteiger partial charge in [-0.15, -0.1) is 0 Å². The summed E-state index contributed by atoms with van der Waals surface area (Å²) in [7, 11) is 0. The Hall–Kier alpha value is -2.07. The minimum atomic E-state index is -0.0615. The molecule has 0 spiro atoms. The van der Waals surface area contributed by atoms with E-state index >= 15 is 0 Å². The number of anilines is 1. The van der Waals surface area contributed by atoms with Crippen LogP contribution < -0.4 is 10.1 Å². The zero-order chi connectivity index (χ0) is 15.8. The van der Waals surface area contributed by atoms with Gasteiger partial charge in [0.25, 0.3) is 0 Å². The molecule has 1 amide bonds. The second-order valence-corrected chi connectivity index (χ2v) is 5.25. The first kappa shape index (κ1) is 16.3. The quantitative estimate of drug-likeness (QED) is 0.836. The summed E-state index contributed by atoms with van der Waals surface area (Å²) in [5.41, 5.74) is 1.17. The Morgan fingerprint density at radius 1 is 1.27 bits per heavy atom. The third kappa shape index (κ3) is 5.04. The van der Waals surface area contributed by atoms with E-state index in [4.69, 9.17) is 16.3 Å². The maximum atomic E-state index is 12.0. The summed E-state index contributed by atoms with van der Waals surface area (Å²) in [6.07, 6.45) is 3.67. The standard InChI is InChI=1S/C17H19ClN2O2/c1-2-22-15-6-4-12-19-17(15)20-16(21)7-3-5-13-8-10-14(18)11-9-13/h4,6,8-12H,2-3,5,7H2,1H3,(H,19,20,21). The van der Waals surface area contributed by atoms with Crippen LogP contribution in [0.1, 0.15) is 25.3 Å². The van der Waals surface area contributed by atoms with E-state index in [1.165, 1.54) is 5.56 Å². The van der Waals surface area contributed by atoms with Gasteiger partial charge in [0.2, 0.25) is 5.91 Å². The summed E-state index contributed by atoms with van der Waals surface area (Å²) in [5.74, 6) is 1.01. The average molecular weight is 319 g/mol. The van der Waals surface area contributed by atoms with Crippen LogP contribution in [-0.2, 0) is 11.2 Å². The molecule has 0 aliphatic heterocycles. The fourth-order valence-electron chi connectivity index (χ4n) is 2.06. The van der Waals surface area contributed by atoms with Gasteiger partial charge < -0.3 is 10.1 Å². The number of carbonyl (C=O) groups is 1. The van der Waals surface area contributed by atoms with Crippen molar-refractivity contribution in [1.82, 2.24) is 4.98 Å². The van der Waals surface area contributed by atoms with Crippen LogP contribution in [0.15, 0.2) is 42.6 Å². The number of carbonyl (C=O) groups excluding carboxylic acids is 1. The van der Waals surface area contributed by atoms with Crippen molar-refractivity contribution in [3.63, 3.8) is 0 Å². The molecule has 0 aliphatic rings. The van der Waals surface area contributed by atoms with Gasteiger partial charge in [0.15, 0.2) is 11.6 Å². The first-order valence-electron chi connectivity index (χ1n) is 7.31. The molecule has 0 saturated carbocycles. The molecule has 1 aromatic heterocycles. The lowest BCUT2D eigenvalue weighted by Gasteiger charge is -2.10. The van der Waals surface area contributed by atoms with E-state index in [-0.39, 0.29) is 5.91 Å². The summed E-state index contributed by atoms with van der Waals surface area (Å²) in [6, 6.07) is 11.2. The highest BCUT2D eigenvalue weighted by molar-refractivity contribution is 6.30. The number of ether oxygens (including phenoxy) is 1.